The average molecular weight is 454 g/mol. The van der Waals surface area contributed by atoms with E-state index in [1.54, 1.807) is 18.2 Å². The van der Waals surface area contributed by atoms with Crippen LogP contribution in [0.2, 0.25) is 0 Å². The number of hydrogen-bond donors (Lipinski definition) is 1. The number of hydrogen-bond acceptors (Lipinski definition) is 6. The number of nitrogens with one attached hydrogen (secondary N) is 1. The Bertz CT molecular complexity index is 965. The Labute approximate surface area is 184 Å². The maximum Gasteiger partial charge on any atom is 0.573 e. The lowest BCUT2D eigenvalue weighted by Crippen LogP contribution is -2.39. The summed E-state index contributed by atoms with van der Waals surface area (Å²) in [6, 6.07) is 7.61. The fourth-order valence-electron chi connectivity index (χ4n) is 3.67. The summed E-state index contributed by atoms with van der Waals surface area (Å²) >= 11 is 0. The topological polar surface area (TPSA) is 69.3 Å². The van der Waals surface area contributed by atoms with Crippen molar-refractivity contribution >= 4 is 11.6 Å². The summed E-state index contributed by atoms with van der Waals surface area (Å²) in [4.78, 5) is 14.4. The molecule has 0 bridgehead atoms. The van der Waals surface area contributed by atoms with Crippen LogP contribution in [0.4, 0.5) is 18.9 Å². The van der Waals surface area contributed by atoms with E-state index in [4.69, 9.17) is 14.2 Å². The number of aryl methyl sites for hydroxylation is 1. The number of nitrogens with zero attached hydrogens (tertiary/aromatic N) is 1. The van der Waals surface area contributed by atoms with Crippen LogP contribution in [0, 0.1) is 0 Å². The van der Waals surface area contributed by atoms with E-state index in [9.17, 15) is 18.0 Å². The van der Waals surface area contributed by atoms with Crippen LogP contribution in [0.15, 0.2) is 30.3 Å². The van der Waals surface area contributed by atoms with Crippen LogP contribution in [-0.4, -0.2) is 46.7 Å². The van der Waals surface area contributed by atoms with Crippen molar-refractivity contribution in [3.05, 3.63) is 41.5 Å². The smallest absolute Gasteiger partial charge is 0.496 e. The largest absolute Gasteiger partial charge is 0.573 e. The minimum absolute atomic E-state index is 0.0715. The molecule has 2 aromatic rings. The van der Waals surface area contributed by atoms with Gasteiger partial charge < -0.3 is 29.2 Å². The Morgan fingerprint density at radius 3 is 2.38 bits per heavy atom. The van der Waals surface area contributed by atoms with Crippen LogP contribution >= 0.6 is 0 Å². The van der Waals surface area contributed by atoms with Crippen LogP contribution in [-0.2, 0) is 17.8 Å². The van der Waals surface area contributed by atoms with Gasteiger partial charge in [0.15, 0.2) is 11.5 Å². The summed E-state index contributed by atoms with van der Waals surface area (Å²) in [5, 5.41) is 2.85. The Hall–Kier alpha value is -3.30. The molecule has 1 N–H and O–H groups in total. The minimum atomic E-state index is -4.74. The van der Waals surface area contributed by atoms with Gasteiger partial charge in [-0.1, -0.05) is 0 Å². The quantitative estimate of drug-likeness (QED) is 0.657. The van der Waals surface area contributed by atoms with Crippen LogP contribution in [0.3, 0.4) is 0 Å². The summed E-state index contributed by atoms with van der Waals surface area (Å²) in [5.41, 5.74) is 2.16. The molecule has 0 saturated carbocycles. The molecule has 0 unspecified atom stereocenters. The van der Waals surface area contributed by atoms with E-state index < -0.39 is 6.36 Å². The molecule has 3 rings (SSSR count). The predicted octanol–water partition coefficient (Wildman–Crippen LogP) is 3.68. The first-order valence-electron chi connectivity index (χ1n) is 9.93. The number of carbonyl (C=O) groups is 1. The van der Waals surface area contributed by atoms with E-state index in [1.165, 1.54) is 33.5 Å². The van der Waals surface area contributed by atoms with Crippen molar-refractivity contribution in [2.75, 3.05) is 39.3 Å². The molecule has 174 valence electrons. The van der Waals surface area contributed by atoms with Crippen molar-refractivity contribution in [3.8, 4) is 23.0 Å². The maximum atomic E-state index is 12.6. The van der Waals surface area contributed by atoms with Gasteiger partial charge in [-0.3, -0.25) is 4.79 Å². The maximum absolute atomic E-state index is 12.6. The number of carbonyl (C=O) groups excluding carboxylic acids is 1. The van der Waals surface area contributed by atoms with Crippen molar-refractivity contribution in [2.45, 2.75) is 25.7 Å². The van der Waals surface area contributed by atoms with Crippen molar-refractivity contribution in [1.82, 2.24) is 5.32 Å². The van der Waals surface area contributed by atoms with Gasteiger partial charge in [-0.05, 0) is 42.7 Å². The van der Waals surface area contributed by atoms with E-state index >= 15 is 0 Å². The van der Waals surface area contributed by atoms with Gasteiger partial charge in [0.1, 0.15) is 11.5 Å². The molecule has 10 heteroatoms. The number of anilines is 1. The van der Waals surface area contributed by atoms with Crippen molar-refractivity contribution in [3.63, 3.8) is 0 Å². The van der Waals surface area contributed by atoms with Gasteiger partial charge in [-0.25, -0.2) is 0 Å². The van der Waals surface area contributed by atoms with Crippen molar-refractivity contribution in [2.24, 2.45) is 0 Å². The zero-order valence-electron chi connectivity index (χ0n) is 18.0. The molecule has 0 spiro atoms. The first kappa shape index (κ1) is 23.4. The number of halogens is 3. The van der Waals surface area contributed by atoms with Gasteiger partial charge in [0.25, 0.3) is 0 Å². The van der Waals surface area contributed by atoms with Crippen molar-refractivity contribution in [1.29, 1.82) is 0 Å². The highest BCUT2D eigenvalue weighted by molar-refractivity contribution is 5.82. The van der Waals surface area contributed by atoms with Gasteiger partial charge in [0.2, 0.25) is 5.91 Å². The molecule has 0 fully saturated rings. The summed E-state index contributed by atoms with van der Waals surface area (Å²) in [6.07, 6.45) is -3.40. The highest BCUT2D eigenvalue weighted by Crippen LogP contribution is 2.35. The standard InChI is InChI=1S/C22H25F3N2O5/c1-29-18-11-20(31-3)19(30-2)10-15(18)12-26-21(28)13-27-8-4-5-14-9-16(6-7-17(14)27)32-22(23,24)25/h6-7,9-11H,4-5,8,12-13H2,1-3H3,(H,26,28). The lowest BCUT2D eigenvalue weighted by atomic mass is 10.0. The molecule has 0 atom stereocenters. The van der Waals surface area contributed by atoms with Gasteiger partial charge >= 0.3 is 6.36 Å². The third-order valence-electron chi connectivity index (χ3n) is 5.10. The lowest BCUT2D eigenvalue weighted by molar-refractivity contribution is -0.274. The number of methoxy groups -OCH3 is 3. The van der Waals surface area contributed by atoms with E-state index in [2.05, 4.69) is 10.1 Å². The highest BCUT2D eigenvalue weighted by Gasteiger charge is 2.31. The fraction of sp³-hybridized carbons (Fsp3) is 0.409. The normalized spacial score (nSPS) is 13.2. The van der Waals surface area contributed by atoms with E-state index in [0.717, 1.165) is 12.1 Å². The fourth-order valence-corrected chi connectivity index (χ4v) is 3.67. The number of ether oxygens (including phenoxy) is 4. The zero-order chi connectivity index (χ0) is 23.3. The molecule has 2 aromatic carbocycles. The molecule has 1 amide bonds. The van der Waals surface area contributed by atoms with Crippen LogP contribution in [0.5, 0.6) is 23.0 Å². The van der Waals surface area contributed by atoms with Crippen LogP contribution < -0.4 is 29.2 Å². The van der Waals surface area contributed by atoms with Gasteiger partial charge in [-0.15, -0.1) is 13.2 Å². The molecule has 1 aliphatic rings. The molecule has 32 heavy (non-hydrogen) atoms. The number of fused-ring (bicyclic) bond motifs is 1. The second kappa shape index (κ2) is 9.88. The summed E-state index contributed by atoms with van der Waals surface area (Å²) in [5.74, 6) is 1.08. The van der Waals surface area contributed by atoms with Crippen LogP contribution in [0.1, 0.15) is 17.5 Å². The summed E-state index contributed by atoms with van der Waals surface area (Å²) in [7, 11) is 4.56. The Morgan fingerprint density at radius 1 is 1.03 bits per heavy atom. The number of alkyl halides is 3. The molecular weight excluding hydrogens is 429 g/mol. The van der Waals surface area contributed by atoms with E-state index in [0.29, 0.717) is 41.3 Å². The molecule has 1 heterocycles. The monoisotopic (exact) mass is 454 g/mol. The van der Waals surface area contributed by atoms with E-state index in [-0.39, 0.29) is 24.7 Å². The molecule has 0 aromatic heterocycles. The molecule has 7 nitrogen and oxygen atoms in total. The van der Waals surface area contributed by atoms with Crippen LogP contribution in [0.25, 0.3) is 0 Å². The Kier molecular flexibility index (Phi) is 7.22. The number of amides is 1. The molecule has 0 saturated heterocycles. The lowest BCUT2D eigenvalue weighted by Gasteiger charge is -2.31. The highest BCUT2D eigenvalue weighted by atomic mass is 19.4. The third-order valence-corrected chi connectivity index (χ3v) is 5.10. The minimum Gasteiger partial charge on any atom is -0.496 e. The Balaban J connectivity index is 1.67. The number of benzene rings is 2. The predicted molar refractivity (Wildman–Crippen MR) is 112 cm³/mol. The van der Waals surface area contributed by atoms with E-state index in [1.807, 2.05) is 4.90 Å². The summed E-state index contributed by atoms with van der Waals surface area (Å²) < 4.78 is 57.4. The first-order chi connectivity index (χ1) is 15.2. The molecule has 1 aliphatic heterocycles. The SMILES string of the molecule is COc1cc(OC)c(OC)cc1CNC(=O)CN1CCCc2cc(OC(F)(F)F)ccc21. The van der Waals surface area contributed by atoms with Gasteiger partial charge in [0.05, 0.1) is 27.9 Å². The zero-order valence-corrected chi connectivity index (χ0v) is 18.0. The van der Waals surface area contributed by atoms with Crippen molar-refractivity contribution < 1.29 is 36.9 Å². The first-order valence-corrected chi connectivity index (χ1v) is 9.93. The second-order valence-electron chi connectivity index (χ2n) is 7.16. The molecule has 0 aliphatic carbocycles. The van der Waals surface area contributed by atoms with Gasteiger partial charge in [0, 0.05) is 30.4 Å². The Morgan fingerprint density at radius 2 is 1.72 bits per heavy atom. The molecule has 0 radical (unpaired) electrons. The average Bonchev–Trinajstić information content (AvgIpc) is 2.75. The summed E-state index contributed by atoms with van der Waals surface area (Å²) in [6.45, 7) is 0.906. The third kappa shape index (κ3) is 5.68. The number of rotatable bonds is 8. The second-order valence-corrected chi connectivity index (χ2v) is 7.16. The van der Waals surface area contributed by atoms with Gasteiger partial charge in [-0.2, -0.15) is 0 Å². The molecular formula is C22H25F3N2O5.